The molecule has 0 aliphatic carbocycles. The zero-order valence-corrected chi connectivity index (χ0v) is 17.2. The van der Waals surface area contributed by atoms with Crippen LogP contribution in [0.5, 0.6) is 0 Å². The maximum Gasteiger partial charge on any atom is 0.256 e. The van der Waals surface area contributed by atoms with E-state index in [0.717, 1.165) is 16.8 Å². The van der Waals surface area contributed by atoms with Crippen molar-refractivity contribution in [3.8, 4) is 5.69 Å². The highest BCUT2D eigenvalue weighted by Crippen LogP contribution is 2.23. The molecule has 1 N–H and O–H groups in total. The highest BCUT2D eigenvalue weighted by atomic mass is 35.5. The van der Waals surface area contributed by atoms with Crippen LogP contribution in [0.2, 0.25) is 10.0 Å². The van der Waals surface area contributed by atoms with Crippen molar-refractivity contribution in [3.63, 3.8) is 0 Å². The van der Waals surface area contributed by atoms with Crippen molar-refractivity contribution >= 4 is 34.9 Å². The zero-order valence-electron chi connectivity index (χ0n) is 15.6. The summed E-state index contributed by atoms with van der Waals surface area (Å²) in [7, 11) is 0. The van der Waals surface area contributed by atoms with Gasteiger partial charge in [0.15, 0.2) is 0 Å². The first-order chi connectivity index (χ1) is 14.0. The van der Waals surface area contributed by atoms with Crippen LogP contribution in [0.15, 0.2) is 73.2 Å². The number of amides is 1. The Kier molecular flexibility index (Phi) is 5.43. The van der Waals surface area contributed by atoms with Crippen LogP contribution >= 0.6 is 23.2 Å². The Balaban J connectivity index is 1.56. The van der Waals surface area contributed by atoms with E-state index in [1.807, 2.05) is 60.3 Å². The van der Waals surface area contributed by atoms with Gasteiger partial charge in [-0.1, -0.05) is 35.3 Å². The average molecular weight is 425 g/mol. The number of benzene rings is 2. The Morgan fingerprint density at radius 1 is 1.07 bits per heavy atom. The van der Waals surface area contributed by atoms with Gasteiger partial charge in [-0.2, -0.15) is 5.10 Å². The van der Waals surface area contributed by atoms with Gasteiger partial charge in [-0.05, 0) is 54.4 Å². The van der Waals surface area contributed by atoms with Gasteiger partial charge in [-0.3, -0.25) is 4.79 Å². The quantitative estimate of drug-likeness (QED) is 0.453. The minimum Gasteiger partial charge on any atom is -0.324 e. The van der Waals surface area contributed by atoms with Gasteiger partial charge >= 0.3 is 0 Å². The van der Waals surface area contributed by atoms with Crippen LogP contribution in [0, 0.1) is 6.92 Å². The van der Waals surface area contributed by atoms with Gasteiger partial charge in [0, 0.05) is 39.8 Å². The molecule has 5 nitrogen and oxygen atoms in total. The number of hydrogen-bond donors (Lipinski definition) is 1. The number of aryl methyl sites for hydroxylation is 1. The van der Waals surface area contributed by atoms with Gasteiger partial charge < -0.3 is 9.88 Å². The highest BCUT2D eigenvalue weighted by molar-refractivity contribution is 6.35. The van der Waals surface area contributed by atoms with E-state index in [1.165, 1.54) is 0 Å². The summed E-state index contributed by atoms with van der Waals surface area (Å²) in [5.74, 6) is 0.381. The van der Waals surface area contributed by atoms with Crippen LogP contribution in [-0.4, -0.2) is 20.3 Å². The molecule has 0 aliphatic rings. The summed E-state index contributed by atoms with van der Waals surface area (Å²) < 4.78 is 3.67. The molecular weight excluding hydrogens is 407 g/mol. The second-order valence-corrected chi connectivity index (χ2v) is 7.50. The minimum absolute atomic E-state index is 0.206. The SMILES string of the molecule is Cc1ccc(C(=O)Nc2ccnn2Cc2ccc(Cl)cc2Cl)cc1-n1cccc1. The molecule has 4 rings (SSSR count). The number of aromatic nitrogens is 3. The molecule has 2 aromatic carbocycles. The maximum atomic E-state index is 12.9. The first-order valence-electron chi connectivity index (χ1n) is 9.02. The number of carbonyl (C=O) groups excluding carboxylic acids is 1. The van der Waals surface area contributed by atoms with Crippen molar-refractivity contribution in [1.82, 2.24) is 14.3 Å². The van der Waals surface area contributed by atoms with E-state index in [0.29, 0.717) is 28.0 Å². The molecule has 0 saturated carbocycles. The van der Waals surface area contributed by atoms with Crippen LogP contribution in [0.25, 0.3) is 5.69 Å². The summed E-state index contributed by atoms with van der Waals surface area (Å²) in [5.41, 5.74) is 3.47. The van der Waals surface area contributed by atoms with Gasteiger partial charge in [-0.25, -0.2) is 4.68 Å². The maximum absolute atomic E-state index is 12.9. The molecule has 0 saturated heterocycles. The fourth-order valence-electron chi connectivity index (χ4n) is 3.09. The first kappa shape index (κ1) is 19.3. The molecule has 0 aliphatic heterocycles. The summed E-state index contributed by atoms with van der Waals surface area (Å²) >= 11 is 12.2. The van der Waals surface area contributed by atoms with Crippen LogP contribution < -0.4 is 5.32 Å². The first-order valence-corrected chi connectivity index (χ1v) is 9.78. The van der Waals surface area contributed by atoms with Crippen molar-refractivity contribution in [2.45, 2.75) is 13.5 Å². The number of nitrogens with one attached hydrogen (secondary N) is 1. The van der Waals surface area contributed by atoms with Crippen molar-refractivity contribution in [1.29, 1.82) is 0 Å². The average Bonchev–Trinajstić information content (AvgIpc) is 3.37. The number of carbonyl (C=O) groups is 1. The number of halogens is 2. The number of rotatable bonds is 5. The van der Waals surface area contributed by atoms with Crippen molar-refractivity contribution < 1.29 is 4.79 Å². The lowest BCUT2D eigenvalue weighted by atomic mass is 10.1. The van der Waals surface area contributed by atoms with Gasteiger partial charge in [0.1, 0.15) is 5.82 Å². The monoisotopic (exact) mass is 424 g/mol. The summed E-state index contributed by atoms with van der Waals surface area (Å²) in [5, 5.41) is 8.36. The Bertz CT molecular complexity index is 1170. The molecular formula is C22H18Cl2N4O. The number of hydrogen-bond acceptors (Lipinski definition) is 2. The van der Waals surface area contributed by atoms with E-state index >= 15 is 0 Å². The van der Waals surface area contributed by atoms with Crippen LogP contribution in [-0.2, 0) is 6.54 Å². The van der Waals surface area contributed by atoms with E-state index in [4.69, 9.17) is 23.2 Å². The second-order valence-electron chi connectivity index (χ2n) is 6.66. The summed E-state index contributed by atoms with van der Waals surface area (Å²) in [6.07, 6.45) is 5.55. The largest absolute Gasteiger partial charge is 0.324 e. The molecule has 29 heavy (non-hydrogen) atoms. The van der Waals surface area contributed by atoms with Crippen LogP contribution in [0.4, 0.5) is 5.82 Å². The number of nitrogens with zero attached hydrogens (tertiary/aromatic N) is 3. The zero-order chi connectivity index (χ0) is 20.4. The third kappa shape index (κ3) is 4.21. The molecule has 2 heterocycles. The summed E-state index contributed by atoms with van der Waals surface area (Å²) in [6, 6.07) is 16.6. The van der Waals surface area contributed by atoms with Gasteiger partial charge in [-0.15, -0.1) is 0 Å². The van der Waals surface area contributed by atoms with Gasteiger partial charge in [0.2, 0.25) is 0 Å². The van der Waals surface area contributed by atoms with Crippen molar-refractivity contribution in [3.05, 3.63) is 99.9 Å². The standard InChI is InChI=1S/C22H18Cl2N4O/c1-15-4-5-16(12-20(15)27-10-2-3-11-27)22(29)26-21-8-9-25-28(21)14-17-6-7-18(23)13-19(17)24/h2-13H,14H2,1H3,(H,26,29). The summed E-state index contributed by atoms with van der Waals surface area (Å²) in [6.45, 7) is 2.43. The smallest absolute Gasteiger partial charge is 0.256 e. The van der Waals surface area contributed by atoms with E-state index in [2.05, 4.69) is 10.4 Å². The third-order valence-corrected chi connectivity index (χ3v) is 5.23. The molecule has 0 atom stereocenters. The topological polar surface area (TPSA) is 51.9 Å². The Labute approximate surface area is 178 Å². The molecule has 146 valence electrons. The molecule has 0 radical (unpaired) electrons. The lowest BCUT2D eigenvalue weighted by Gasteiger charge is -2.12. The van der Waals surface area contributed by atoms with E-state index in [-0.39, 0.29) is 5.91 Å². The van der Waals surface area contributed by atoms with Crippen LogP contribution in [0.3, 0.4) is 0 Å². The van der Waals surface area contributed by atoms with Crippen molar-refractivity contribution in [2.75, 3.05) is 5.32 Å². The predicted molar refractivity (Wildman–Crippen MR) is 116 cm³/mol. The molecule has 0 unspecified atom stereocenters. The molecule has 7 heteroatoms. The Hall–Kier alpha value is -3.02. The lowest BCUT2D eigenvalue weighted by Crippen LogP contribution is -2.16. The second kappa shape index (κ2) is 8.15. The molecule has 0 fully saturated rings. The van der Waals surface area contributed by atoms with E-state index in [9.17, 15) is 4.79 Å². The third-order valence-electron chi connectivity index (χ3n) is 4.65. The van der Waals surface area contributed by atoms with Gasteiger partial charge in [0.05, 0.1) is 12.7 Å². The predicted octanol–water partition coefficient (Wildman–Crippen LogP) is 5.59. The van der Waals surface area contributed by atoms with Crippen molar-refractivity contribution in [2.24, 2.45) is 0 Å². The highest BCUT2D eigenvalue weighted by Gasteiger charge is 2.13. The molecule has 4 aromatic rings. The van der Waals surface area contributed by atoms with E-state index < -0.39 is 0 Å². The Morgan fingerprint density at radius 2 is 1.86 bits per heavy atom. The minimum atomic E-state index is -0.206. The molecule has 0 bridgehead atoms. The molecule has 1 amide bonds. The number of anilines is 1. The molecule has 0 spiro atoms. The lowest BCUT2D eigenvalue weighted by molar-refractivity contribution is 0.102. The fraction of sp³-hybridized carbons (Fsp3) is 0.0909. The fourth-order valence-corrected chi connectivity index (χ4v) is 3.56. The summed E-state index contributed by atoms with van der Waals surface area (Å²) in [4.78, 5) is 12.9. The van der Waals surface area contributed by atoms with Gasteiger partial charge in [0.25, 0.3) is 5.91 Å². The normalized spacial score (nSPS) is 10.9. The van der Waals surface area contributed by atoms with E-state index in [1.54, 1.807) is 29.1 Å². The van der Waals surface area contributed by atoms with Crippen LogP contribution in [0.1, 0.15) is 21.5 Å². The Morgan fingerprint density at radius 3 is 2.62 bits per heavy atom. The molecule has 2 aromatic heterocycles.